The van der Waals surface area contributed by atoms with Crippen LogP contribution in [0.5, 0.6) is 0 Å². The van der Waals surface area contributed by atoms with Gasteiger partial charge in [-0.3, -0.25) is 0 Å². The molecule has 3 nitrogen and oxygen atoms in total. The number of hydrogen-bond acceptors (Lipinski definition) is 5. The maximum absolute atomic E-state index is 5.72. The standard InChI is InChI=1S/C58H67N3S3/c1-6-9-12-15-17-22-29-43-44(30-23-18-16-13-10-7-2)48-38-51(64-57(48)56-47(43)36-39(4)62-56)58-55-52(40(5)63-58)59-54(53(60-55)41-27-20-19-21-28-41)42-33-34-46-45-31-24-25-32-49(45)61(50(46)37-42)35-26-14-11-8-3/h19-21,24-25,27-28,31-34,36-38H,6-18,22-23,26,29-30,35H2,1-5H3. The fourth-order valence-electron chi connectivity index (χ4n) is 10.3. The van der Waals surface area contributed by atoms with E-state index in [9.17, 15) is 0 Å². The number of thiophene rings is 3. The van der Waals surface area contributed by atoms with Gasteiger partial charge in [-0.1, -0.05) is 165 Å². The van der Waals surface area contributed by atoms with Gasteiger partial charge in [-0.15, -0.1) is 34.0 Å². The summed E-state index contributed by atoms with van der Waals surface area (Å²) in [5.41, 5.74) is 12.1. The molecule has 0 saturated carbocycles. The van der Waals surface area contributed by atoms with Crippen LogP contribution in [0.3, 0.4) is 0 Å². The van der Waals surface area contributed by atoms with E-state index in [0.29, 0.717) is 0 Å². The Kier molecular flexibility index (Phi) is 14.6. The van der Waals surface area contributed by atoms with Crippen molar-refractivity contribution in [3.8, 4) is 32.3 Å². The lowest BCUT2D eigenvalue weighted by atomic mass is 9.91. The van der Waals surface area contributed by atoms with E-state index in [1.54, 1.807) is 11.1 Å². The molecular weight excluding hydrogens is 835 g/mol. The molecule has 5 heterocycles. The van der Waals surface area contributed by atoms with Crippen molar-refractivity contribution in [2.75, 3.05) is 0 Å². The van der Waals surface area contributed by atoms with Crippen molar-refractivity contribution in [1.29, 1.82) is 0 Å². The van der Waals surface area contributed by atoms with Crippen LogP contribution in [0.25, 0.3) is 85.3 Å². The Morgan fingerprint density at radius 2 is 1.05 bits per heavy atom. The number of nitrogens with zero attached hydrogens (tertiary/aromatic N) is 3. The molecule has 64 heavy (non-hydrogen) atoms. The van der Waals surface area contributed by atoms with Crippen LogP contribution in [0.2, 0.25) is 0 Å². The Morgan fingerprint density at radius 3 is 1.77 bits per heavy atom. The number of para-hydroxylation sites is 1. The number of hydrogen-bond donors (Lipinski definition) is 0. The third-order valence-corrected chi connectivity index (χ3v) is 17.2. The van der Waals surface area contributed by atoms with Crippen molar-refractivity contribution in [3.05, 3.63) is 106 Å². The van der Waals surface area contributed by atoms with Gasteiger partial charge in [0.25, 0.3) is 0 Å². The van der Waals surface area contributed by atoms with Crippen molar-refractivity contribution in [2.24, 2.45) is 0 Å². The van der Waals surface area contributed by atoms with E-state index < -0.39 is 0 Å². The van der Waals surface area contributed by atoms with E-state index in [4.69, 9.17) is 9.97 Å². The second kappa shape index (κ2) is 20.9. The van der Waals surface area contributed by atoms with E-state index >= 15 is 0 Å². The monoisotopic (exact) mass is 901 g/mol. The fraction of sp³-hybridized carbons (Fsp3) is 0.414. The molecule has 5 aromatic heterocycles. The zero-order chi connectivity index (χ0) is 44.0. The Morgan fingerprint density at radius 1 is 0.469 bits per heavy atom. The van der Waals surface area contributed by atoms with Gasteiger partial charge in [0.15, 0.2) is 0 Å². The topological polar surface area (TPSA) is 30.7 Å². The summed E-state index contributed by atoms with van der Waals surface area (Å²) in [7, 11) is 0. The second-order valence-corrected chi connectivity index (χ2v) is 21.9. The van der Waals surface area contributed by atoms with Crippen LogP contribution < -0.4 is 0 Å². The Bertz CT molecular complexity index is 3000. The van der Waals surface area contributed by atoms with Gasteiger partial charge < -0.3 is 4.57 Å². The van der Waals surface area contributed by atoms with Gasteiger partial charge >= 0.3 is 0 Å². The van der Waals surface area contributed by atoms with Gasteiger partial charge in [-0.2, -0.15) is 0 Å². The summed E-state index contributed by atoms with van der Waals surface area (Å²) < 4.78 is 5.52. The highest BCUT2D eigenvalue weighted by Crippen LogP contribution is 2.49. The van der Waals surface area contributed by atoms with E-state index in [-0.39, 0.29) is 0 Å². The van der Waals surface area contributed by atoms with E-state index in [1.165, 1.54) is 177 Å². The van der Waals surface area contributed by atoms with Crippen LogP contribution >= 0.6 is 34.0 Å². The first-order valence-electron chi connectivity index (χ1n) is 24.8. The quantitative estimate of drug-likeness (QED) is 0.0635. The number of fused-ring (bicyclic) bond motifs is 7. The van der Waals surface area contributed by atoms with Crippen molar-refractivity contribution in [3.63, 3.8) is 0 Å². The fourth-order valence-corrected chi connectivity index (χ4v) is 13.8. The number of aryl methyl sites for hydroxylation is 5. The maximum atomic E-state index is 5.72. The first-order valence-corrected chi connectivity index (χ1v) is 27.3. The van der Waals surface area contributed by atoms with Crippen LogP contribution in [-0.4, -0.2) is 14.5 Å². The number of unbranched alkanes of at least 4 members (excludes halogenated alkanes) is 13. The highest BCUT2D eigenvalue weighted by molar-refractivity contribution is 7.31. The average molecular weight is 902 g/mol. The average Bonchev–Trinajstić information content (AvgIpc) is 4.09. The van der Waals surface area contributed by atoms with Gasteiger partial charge in [0.1, 0.15) is 11.0 Å². The third-order valence-electron chi connectivity index (χ3n) is 13.6. The van der Waals surface area contributed by atoms with Crippen LogP contribution in [0.1, 0.15) is 144 Å². The first-order chi connectivity index (χ1) is 31.5. The summed E-state index contributed by atoms with van der Waals surface area (Å²) >= 11 is 5.88. The predicted octanol–water partition coefficient (Wildman–Crippen LogP) is 19.2. The molecule has 0 aliphatic heterocycles. The smallest absolute Gasteiger partial charge is 0.109 e. The molecule has 9 aromatic rings. The molecule has 0 aliphatic carbocycles. The van der Waals surface area contributed by atoms with Crippen molar-refractivity contribution in [1.82, 2.24) is 14.5 Å². The number of aromatic nitrogens is 3. The van der Waals surface area contributed by atoms with Gasteiger partial charge in [0, 0.05) is 54.1 Å². The van der Waals surface area contributed by atoms with E-state index in [2.05, 4.69) is 124 Å². The minimum atomic E-state index is 0.958. The molecule has 0 aliphatic rings. The molecule has 6 heteroatoms. The zero-order valence-electron chi connectivity index (χ0n) is 39.1. The van der Waals surface area contributed by atoms with Crippen LogP contribution in [0.4, 0.5) is 0 Å². The molecule has 0 fully saturated rings. The summed E-state index contributed by atoms with van der Waals surface area (Å²) in [4.78, 5) is 16.6. The summed E-state index contributed by atoms with van der Waals surface area (Å²) in [6.45, 7) is 12.5. The molecule has 0 spiro atoms. The minimum absolute atomic E-state index is 0.958. The minimum Gasteiger partial charge on any atom is -0.340 e. The molecule has 332 valence electrons. The molecule has 9 rings (SSSR count). The summed E-state index contributed by atoms with van der Waals surface area (Å²) in [5.74, 6) is 0. The van der Waals surface area contributed by atoms with Crippen LogP contribution in [-0.2, 0) is 19.4 Å². The van der Waals surface area contributed by atoms with Gasteiger partial charge in [0.05, 0.1) is 25.7 Å². The summed E-state index contributed by atoms with van der Waals surface area (Å²) in [6, 6.07) is 31.8. The normalized spacial score (nSPS) is 12.1. The molecule has 0 unspecified atom stereocenters. The first kappa shape index (κ1) is 44.8. The lowest BCUT2D eigenvalue weighted by molar-refractivity contribution is 0.600. The molecule has 4 aromatic carbocycles. The largest absolute Gasteiger partial charge is 0.340 e. The van der Waals surface area contributed by atoms with Crippen molar-refractivity contribution >= 4 is 87.0 Å². The van der Waals surface area contributed by atoms with Crippen LogP contribution in [0.15, 0.2) is 84.9 Å². The number of benzene rings is 4. The van der Waals surface area contributed by atoms with Gasteiger partial charge in [0.2, 0.25) is 0 Å². The Balaban J connectivity index is 1.17. The highest BCUT2D eigenvalue weighted by atomic mass is 32.1. The van der Waals surface area contributed by atoms with E-state index in [0.717, 1.165) is 40.1 Å². The second-order valence-electron chi connectivity index (χ2n) is 18.4. The molecule has 0 bridgehead atoms. The Labute approximate surface area is 394 Å². The summed E-state index contributed by atoms with van der Waals surface area (Å²) in [6.07, 6.45) is 23.2. The molecule has 0 atom stereocenters. The number of rotatable bonds is 22. The van der Waals surface area contributed by atoms with Crippen molar-refractivity contribution in [2.45, 2.75) is 157 Å². The van der Waals surface area contributed by atoms with Gasteiger partial charge in [-0.05, 0) is 92.1 Å². The van der Waals surface area contributed by atoms with Gasteiger partial charge in [-0.25, -0.2) is 9.97 Å². The third kappa shape index (κ3) is 9.22. The molecule has 0 radical (unpaired) electrons. The zero-order valence-corrected chi connectivity index (χ0v) is 41.5. The van der Waals surface area contributed by atoms with Crippen molar-refractivity contribution < 1.29 is 0 Å². The molecule has 0 amide bonds. The molecule has 0 N–H and O–H groups in total. The lowest BCUT2D eigenvalue weighted by Crippen LogP contribution is -1.99. The molecule has 0 saturated heterocycles. The lowest BCUT2D eigenvalue weighted by Gasteiger charge is -2.14. The molecular formula is C58H67N3S3. The maximum Gasteiger partial charge on any atom is 0.109 e. The highest BCUT2D eigenvalue weighted by Gasteiger charge is 2.24. The SMILES string of the molecule is CCCCCCCCc1c(CCCCCCCC)c2cc(-c3sc(C)c4nc(-c5ccc6c7ccccc7n(CCCCCC)c6c5)c(-c5ccccc5)nc34)sc2c2sc(C)cc12. The van der Waals surface area contributed by atoms with Crippen LogP contribution in [0, 0.1) is 13.8 Å². The predicted molar refractivity (Wildman–Crippen MR) is 285 cm³/mol. The van der Waals surface area contributed by atoms with E-state index in [1.807, 2.05) is 34.0 Å². The Hall–Kier alpha value is -4.36. The summed E-state index contributed by atoms with van der Waals surface area (Å²) in [5, 5.41) is 5.66.